The van der Waals surface area contributed by atoms with Gasteiger partial charge in [0.1, 0.15) is 0 Å². The molecule has 0 bridgehead atoms. The second-order valence-electron chi connectivity index (χ2n) is 4.84. The molecule has 0 aromatic heterocycles. The summed E-state index contributed by atoms with van der Waals surface area (Å²) in [6.07, 6.45) is -0.779. The summed E-state index contributed by atoms with van der Waals surface area (Å²) in [5, 5.41) is 0. The van der Waals surface area contributed by atoms with Crippen LogP contribution in [-0.4, -0.2) is 18.9 Å². The van der Waals surface area contributed by atoms with Crippen LogP contribution in [0.1, 0.15) is 27.6 Å². The molecule has 5 nitrogen and oxygen atoms in total. The molecule has 0 saturated carbocycles. The smallest absolute Gasteiger partial charge is 0.272 e. The first-order chi connectivity index (χ1) is 10.6. The van der Waals surface area contributed by atoms with Crippen LogP contribution in [0.5, 0.6) is 0 Å². The van der Waals surface area contributed by atoms with Crippen molar-refractivity contribution in [3.63, 3.8) is 0 Å². The van der Waals surface area contributed by atoms with Gasteiger partial charge in [0, 0.05) is 12.7 Å². The minimum atomic E-state index is -0.779. The van der Waals surface area contributed by atoms with E-state index in [1.807, 2.05) is 31.2 Å². The number of benzene rings is 2. The van der Waals surface area contributed by atoms with Gasteiger partial charge in [0.15, 0.2) is 6.10 Å². The van der Waals surface area contributed by atoms with E-state index in [4.69, 9.17) is 4.74 Å². The zero-order valence-electron chi connectivity index (χ0n) is 12.5. The normalized spacial score (nSPS) is 11.5. The highest BCUT2D eigenvalue weighted by Crippen LogP contribution is 2.15. The summed E-state index contributed by atoms with van der Waals surface area (Å²) in [7, 11) is 1.44. The van der Waals surface area contributed by atoms with Crippen molar-refractivity contribution < 1.29 is 14.3 Å². The van der Waals surface area contributed by atoms with Crippen molar-refractivity contribution in [2.24, 2.45) is 0 Å². The summed E-state index contributed by atoms with van der Waals surface area (Å²) in [5.74, 6) is -0.810. The van der Waals surface area contributed by atoms with E-state index in [1.54, 1.807) is 30.3 Å². The fourth-order valence-corrected chi connectivity index (χ4v) is 2.06. The lowest BCUT2D eigenvalue weighted by atomic mass is 10.1. The van der Waals surface area contributed by atoms with E-state index in [0.717, 1.165) is 5.56 Å². The van der Waals surface area contributed by atoms with Gasteiger partial charge in [-0.25, -0.2) is 0 Å². The maximum atomic E-state index is 12.1. The Balaban J connectivity index is 1.98. The highest BCUT2D eigenvalue weighted by molar-refractivity contribution is 5.96. The number of nitrogens with one attached hydrogen (secondary N) is 2. The molecule has 0 heterocycles. The van der Waals surface area contributed by atoms with Crippen LogP contribution in [0.3, 0.4) is 0 Å². The number of carbonyl (C=O) groups excluding carboxylic acids is 2. The first-order valence-corrected chi connectivity index (χ1v) is 6.86. The number of hydrogen-bond acceptors (Lipinski definition) is 3. The second kappa shape index (κ2) is 7.38. The summed E-state index contributed by atoms with van der Waals surface area (Å²) in [4.78, 5) is 24.1. The van der Waals surface area contributed by atoms with Crippen LogP contribution in [0.4, 0.5) is 0 Å². The Labute approximate surface area is 129 Å². The fraction of sp³-hybridized carbons (Fsp3) is 0.176. The topological polar surface area (TPSA) is 67.4 Å². The summed E-state index contributed by atoms with van der Waals surface area (Å²) in [6, 6.07) is 16.2. The number of hydrazine groups is 1. The lowest BCUT2D eigenvalue weighted by Gasteiger charge is -2.16. The van der Waals surface area contributed by atoms with Crippen molar-refractivity contribution in [3.05, 3.63) is 71.3 Å². The first-order valence-electron chi connectivity index (χ1n) is 6.86. The number of aryl methyl sites for hydroxylation is 1. The summed E-state index contributed by atoms with van der Waals surface area (Å²) in [6.45, 7) is 1.89. The van der Waals surface area contributed by atoms with Gasteiger partial charge in [0.2, 0.25) is 0 Å². The van der Waals surface area contributed by atoms with Gasteiger partial charge in [0.05, 0.1) is 0 Å². The van der Waals surface area contributed by atoms with Crippen molar-refractivity contribution in [2.45, 2.75) is 13.0 Å². The second-order valence-corrected chi connectivity index (χ2v) is 4.84. The number of hydrogen-bond donors (Lipinski definition) is 2. The third-order valence-electron chi connectivity index (χ3n) is 3.16. The van der Waals surface area contributed by atoms with Gasteiger partial charge in [-0.3, -0.25) is 20.4 Å². The molecule has 0 fully saturated rings. The van der Waals surface area contributed by atoms with E-state index in [1.165, 1.54) is 7.11 Å². The molecular formula is C17H18N2O3. The van der Waals surface area contributed by atoms with E-state index in [9.17, 15) is 9.59 Å². The number of rotatable bonds is 4. The average Bonchev–Trinajstić information content (AvgIpc) is 2.54. The molecule has 0 radical (unpaired) electrons. The zero-order valence-corrected chi connectivity index (χ0v) is 12.5. The Bertz CT molecular complexity index is 656. The van der Waals surface area contributed by atoms with Crippen LogP contribution in [-0.2, 0) is 9.53 Å². The van der Waals surface area contributed by atoms with Gasteiger partial charge in [-0.05, 0) is 24.6 Å². The van der Waals surface area contributed by atoms with Gasteiger partial charge in [-0.15, -0.1) is 0 Å². The molecular weight excluding hydrogens is 280 g/mol. The molecule has 1 atom stereocenters. The monoisotopic (exact) mass is 298 g/mol. The third-order valence-corrected chi connectivity index (χ3v) is 3.16. The Morgan fingerprint density at radius 2 is 1.73 bits per heavy atom. The average molecular weight is 298 g/mol. The van der Waals surface area contributed by atoms with Crippen LogP contribution < -0.4 is 10.9 Å². The molecule has 0 unspecified atom stereocenters. The van der Waals surface area contributed by atoms with Crippen molar-refractivity contribution in [3.8, 4) is 0 Å². The molecule has 2 aromatic carbocycles. The molecule has 2 rings (SSSR count). The molecule has 0 aliphatic rings. The molecule has 2 N–H and O–H groups in total. The third kappa shape index (κ3) is 3.93. The quantitative estimate of drug-likeness (QED) is 0.850. The highest BCUT2D eigenvalue weighted by Gasteiger charge is 2.20. The van der Waals surface area contributed by atoms with E-state index in [-0.39, 0.29) is 5.91 Å². The van der Waals surface area contributed by atoms with E-state index < -0.39 is 12.0 Å². The maximum absolute atomic E-state index is 12.1. The number of amides is 2. The molecule has 114 valence electrons. The molecule has 2 aromatic rings. The van der Waals surface area contributed by atoms with Crippen molar-refractivity contribution in [1.29, 1.82) is 0 Å². The van der Waals surface area contributed by atoms with E-state index in [0.29, 0.717) is 11.1 Å². The predicted octanol–water partition coefficient (Wildman–Crippen LogP) is 2.14. The molecule has 2 amide bonds. The minimum Gasteiger partial charge on any atom is -0.367 e. The highest BCUT2D eigenvalue weighted by atomic mass is 16.5. The van der Waals surface area contributed by atoms with Crippen LogP contribution in [0.15, 0.2) is 54.6 Å². The van der Waals surface area contributed by atoms with Gasteiger partial charge < -0.3 is 4.74 Å². The summed E-state index contributed by atoms with van der Waals surface area (Å²) >= 11 is 0. The minimum absolute atomic E-state index is 0.375. The lowest BCUT2D eigenvalue weighted by Crippen LogP contribution is -2.44. The molecule has 0 saturated heterocycles. The largest absolute Gasteiger partial charge is 0.367 e. The van der Waals surface area contributed by atoms with Crippen LogP contribution in [0, 0.1) is 6.92 Å². The van der Waals surface area contributed by atoms with Crippen molar-refractivity contribution >= 4 is 11.8 Å². The first kappa shape index (κ1) is 15.7. The van der Waals surface area contributed by atoms with E-state index in [2.05, 4.69) is 10.9 Å². The maximum Gasteiger partial charge on any atom is 0.272 e. The Morgan fingerprint density at radius 1 is 1.00 bits per heavy atom. The zero-order chi connectivity index (χ0) is 15.9. The molecule has 22 heavy (non-hydrogen) atoms. The van der Waals surface area contributed by atoms with Gasteiger partial charge >= 0.3 is 0 Å². The number of carbonyl (C=O) groups is 2. The Morgan fingerprint density at radius 3 is 2.36 bits per heavy atom. The SMILES string of the molecule is CO[C@@H](C(=O)NNC(=O)c1cccc(C)c1)c1ccccc1. The standard InChI is InChI=1S/C17H18N2O3/c1-12-7-6-10-14(11-12)16(20)18-19-17(21)15(22-2)13-8-4-3-5-9-13/h3-11,15H,1-2H3,(H,18,20)(H,19,21)/t15-/m1/s1. The number of methoxy groups -OCH3 is 1. The fourth-order valence-electron chi connectivity index (χ4n) is 2.06. The van der Waals surface area contributed by atoms with Crippen LogP contribution in [0.2, 0.25) is 0 Å². The molecule has 5 heteroatoms. The van der Waals surface area contributed by atoms with E-state index >= 15 is 0 Å². The van der Waals surface area contributed by atoms with Crippen molar-refractivity contribution in [1.82, 2.24) is 10.9 Å². The van der Waals surface area contributed by atoms with Crippen LogP contribution in [0.25, 0.3) is 0 Å². The molecule has 0 aliphatic carbocycles. The summed E-state index contributed by atoms with van der Waals surface area (Å²) < 4.78 is 5.19. The Kier molecular flexibility index (Phi) is 5.27. The Hall–Kier alpha value is -2.66. The lowest BCUT2D eigenvalue weighted by molar-refractivity contribution is -0.132. The van der Waals surface area contributed by atoms with Gasteiger partial charge in [-0.1, -0.05) is 48.0 Å². The predicted molar refractivity (Wildman–Crippen MR) is 83.0 cm³/mol. The van der Waals surface area contributed by atoms with Crippen molar-refractivity contribution in [2.75, 3.05) is 7.11 Å². The molecule has 0 aliphatic heterocycles. The van der Waals surface area contributed by atoms with Gasteiger partial charge in [-0.2, -0.15) is 0 Å². The number of ether oxygens (including phenoxy) is 1. The van der Waals surface area contributed by atoms with Crippen LogP contribution >= 0.6 is 0 Å². The summed E-state index contributed by atoms with van der Waals surface area (Å²) in [5.41, 5.74) is 6.94. The molecule has 0 spiro atoms. The van der Waals surface area contributed by atoms with Gasteiger partial charge in [0.25, 0.3) is 11.8 Å².